The maximum absolute atomic E-state index is 13.9. The van der Waals surface area contributed by atoms with E-state index in [1.54, 1.807) is 5.01 Å². The van der Waals surface area contributed by atoms with Crippen LogP contribution in [0.5, 0.6) is 0 Å². The molecule has 4 heterocycles. The molecular weight excluding hydrogens is 458 g/mol. The van der Waals surface area contributed by atoms with Crippen molar-refractivity contribution in [2.45, 2.75) is 51.2 Å². The third-order valence-corrected chi connectivity index (χ3v) is 8.10. The van der Waals surface area contributed by atoms with Crippen LogP contribution >= 0.6 is 0 Å². The van der Waals surface area contributed by atoms with Gasteiger partial charge in [-0.2, -0.15) is 0 Å². The van der Waals surface area contributed by atoms with Crippen LogP contribution in [0.1, 0.15) is 39.0 Å². The number of anilines is 1. The maximum Gasteiger partial charge on any atom is 0.247 e. The van der Waals surface area contributed by atoms with Crippen molar-refractivity contribution < 1.29 is 19.1 Å². The summed E-state index contributed by atoms with van der Waals surface area (Å²) in [5.74, 6) is -0.326. The lowest BCUT2D eigenvalue weighted by atomic mass is 9.83. The van der Waals surface area contributed by atoms with Gasteiger partial charge in [-0.1, -0.05) is 31.5 Å². The molecule has 1 aromatic carbocycles. The number of piperazine rings is 1. The minimum atomic E-state index is -0.329. The van der Waals surface area contributed by atoms with Crippen molar-refractivity contribution in [2.75, 3.05) is 57.4 Å². The lowest BCUT2D eigenvalue weighted by molar-refractivity contribution is -0.145. The molecule has 9 heteroatoms. The Hall–Kier alpha value is -2.49. The third kappa shape index (κ3) is 5.28. The predicted molar refractivity (Wildman–Crippen MR) is 136 cm³/mol. The van der Waals surface area contributed by atoms with Crippen LogP contribution in [0.3, 0.4) is 0 Å². The highest BCUT2D eigenvalue weighted by atomic mass is 16.5. The zero-order chi connectivity index (χ0) is 25.1. The second-order valence-electron chi connectivity index (χ2n) is 10.5. The number of hydrazine groups is 1. The van der Waals surface area contributed by atoms with Gasteiger partial charge in [0.2, 0.25) is 17.7 Å². The topological polar surface area (TPSA) is 85.4 Å². The van der Waals surface area contributed by atoms with E-state index < -0.39 is 0 Å². The molecule has 196 valence electrons. The summed E-state index contributed by atoms with van der Waals surface area (Å²) in [5.41, 5.74) is 4.21. The van der Waals surface area contributed by atoms with Crippen LogP contribution in [0.25, 0.3) is 0 Å². The summed E-state index contributed by atoms with van der Waals surface area (Å²) >= 11 is 0. The van der Waals surface area contributed by atoms with E-state index in [9.17, 15) is 14.4 Å². The van der Waals surface area contributed by atoms with E-state index in [-0.39, 0.29) is 41.7 Å². The van der Waals surface area contributed by atoms with Crippen molar-refractivity contribution >= 4 is 23.4 Å². The Labute approximate surface area is 213 Å². The van der Waals surface area contributed by atoms with Crippen molar-refractivity contribution in [1.82, 2.24) is 20.1 Å². The number of hydrogen-bond donors (Lipinski definition) is 1. The Morgan fingerprint density at radius 3 is 2.50 bits per heavy atom. The number of fused-ring (bicyclic) bond motifs is 1. The number of rotatable bonds is 7. The molecule has 4 atom stereocenters. The van der Waals surface area contributed by atoms with E-state index in [0.717, 1.165) is 44.5 Å². The molecule has 3 amide bonds. The number of likely N-dealkylation sites (tertiary alicyclic amines) is 1. The van der Waals surface area contributed by atoms with Crippen molar-refractivity contribution in [1.29, 1.82) is 0 Å². The van der Waals surface area contributed by atoms with E-state index in [2.05, 4.69) is 17.2 Å². The number of carbonyl (C=O) groups excluding carboxylic acids is 3. The smallest absolute Gasteiger partial charge is 0.247 e. The number of piperidine rings is 1. The first-order valence-electron chi connectivity index (χ1n) is 13.6. The molecular formula is C27H39N5O4. The Balaban J connectivity index is 1.29. The molecule has 4 fully saturated rings. The molecule has 9 nitrogen and oxygen atoms in total. The van der Waals surface area contributed by atoms with Crippen LogP contribution in [0, 0.1) is 11.8 Å². The number of nitrogens with one attached hydrogen (secondary N) is 1. The zero-order valence-electron chi connectivity index (χ0n) is 21.3. The van der Waals surface area contributed by atoms with Gasteiger partial charge in [-0.15, -0.1) is 0 Å². The monoisotopic (exact) mass is 497 g/mol. The molecule has 0 spiro atoms. The summed E-state index contributed by atoms with van der Waals surface area (Å²) in [6, 6.07) is 9.35. The number of unbranched alkanes of at least 4 members (excludes halogenated alkanes) is 1. The summed E-state index contributed by atoms with van der Waals surface area (Å²) in [7, 11) is 0. The van der Waals surface area contributed by atoms with Crippen molar-refractivity contribution in [3.05, 3.63) is 30.3 Å². The summed E-state index contributed by atoms with van der Waals surface area (Å²) in [6.45, 7) is 7.13. The molecule has 0 aromatic heterocycles. The molecule has 1 N–H and O–H groups in total. The van der Waals surface area contributed by atoms with Gasteiger partial charge in [-0.05, 0) is 31.4 Å². The Bertz CT molecular complexity index is 929. The summed E-state index contributed by atoms with van der Waals surface area (Å²) in [4.78, 5) is 45.9. The van der Waals surface area contributed by atoms with Gasteiger partial charge in [0, 0.05) is 58.8 Å². The molecule has 4 aliphatic heterocycles. The first kappa shape index (κ1) is 25.2. The minimum absolute atomic E-state index is 0.0207. The maximum atomic E-state index is 13.9. The van der Waals surface area contributed by atoms with E-state index in [0.29, 0.717) is 45.7 Å². The number of carbonyl (C=O) groups is 3. The summed E-state index contributed by atoms with van der Waals surface area (Å²) in [5, 5.41) is 1.63. The van der Waals surface area contributed by atoms with Crippen LogP contribution in [0.2, 0.25) is 0 Å². The average molecular weight is 498 g/mol. The second kappa shape index (κ2) is 11.3. The Morgan fingerprint density at radius 1 is 1.06 bits per heavy atom. The van der Waals surface area contributed by atoms with Crippen LogP contribution in [0.15, 0.2) is 30.3 Å². The molecule has 0 bridgehead atoms. The zero-order valence-corrected chi connectivity index (χ0v) is 21.3. The minimum Gasteiger partial charge on any atom is -0.377 e. The van der Waals surface area contributed by atoms with Gasteiger partial charge in [0.15, 0.2) is 0 Å². The normalized spacial score (nSPS) is 29.0. The fourth-order valence-corrected chi connectivity index (χ4v) is 6.06. The number of ether oxygens (including phenoxy) is 1. The number of nitrogens with zero attached hydrogens (tertiary/aromatic N) is 4. The first-order valence-corrected chi connectivity index (χ1v) is 13.6. The lowest BCUT2D eigenvalue weighted by Crippen LogP contribution is -2.60. The molecule has 4 saturated heterocycles. The average Bonchev–Trinajstić information content (AvgIpc) is 3.55. The highest BCUT2D eigenvalue weighted by molar-refractivity contribution is 5.98. The number of amides is 3. The standard InChI is InChI=1S/C27H39N5O4/c1-2-3-11-24(33)30-12-14-31(15-13-30)26(34)22-18-29(17-21-10-7-16-36-21)19-23-25(22)28-32(27(23)35)20-8-5-4-6-9-20/h4-6,8-9,21-23,25,28H,2-3,7,10-19H2,1H3. The van der Waals surface area contributed by atoms with Crippen molar-refractivity contribution in [3.63, 3.8) is 0 Å². The van der Waals surface area contributed by atoms with Gasteiger partial charge in [0.1, 0.15) is 0 Å². The van der Waals surface area contributed by atoms with Gasteiger partial charge >= 0.3 is 0 Å². The quantitative estimate of drug-likeness (QED) is 0.615. The van der Waals surface area contributed by atoms with E-state index in [1.807, 2.05) is 40.1 Å². The van der Waals surface area contributed by atoms with Gasteiger partial charge in [-0.3, -0.25) is 19.3 Å². The highest BCUT2D eigenvalue weighted by Gasteiger charge is 2.52. The van der Waals surface area contributed by atoms with Gasteiger partial charge in [-0.25, -0.2) is 10.4 Å². The lowest BCUT2D eigenvalue weighted by Gasteiger charge is -2.42. The van der Waals surface area contributed by atoms with Crippen molar-refractivity contribution in [3.8, 4) is 0 Å². The van der Waals surface area contributed by atoms with Crippen molar-refractivity contribution in [2.24, 2.45) is 11.8 Å². The Kier molecular flexibility index (Phi) is 7.88. The van der Waals surface area contributed by atoms with E-state index in [4.69, 9.17) is 4.74 Å². The number of hydrogen-bond acceptors (Lipinski definition) is 6. The Morgan fingerprint density at radius 2 is 1.81 bits per heavy atom. The highest BCUT2D eigenvalue weighted by Crippen LogP contribution is 2.33. The van der Waals surface area contributed by atoms with Crippen LogP contribution < -0.4 is 10.4 Å². The molecule has 4 unspecified atom stereocenters. The molecule has 0 radical (unpaired) electrons. The van der Waals surface area contributed by atoms with E-state index >= 15 is 0 Å². The molecule has 5 rings (SSSR count). The van der Waals surface area contributed by atoms with Crippen LogP contribution in [-0.4, -0.2) is 97.0 Å². The fraction of sp³-hybridized carbons (Fsp3) is 0.667. The number of para-hydroxylation sites is 1. The molecule has 4 aliphatic rings. The SMILES string of the molecule is CCCCC(=O)N1CCN(C(=O)C2CN(CC3CCCO3)CC3C(=O)N(c4ccccc4)NC23)CC1. The largest absolute Gasteiger partial charge is 0.377 e. The molecule has 0 aliphatic carbocycles. The van der Waals surface area contributed by atoms with Gasteiger partial charge in [0.25, 0.3) is 0 Å². The predicted octanol–water partition coefficient (Wildman–Crippen LogP) is 1.49. The third-order valence-electron chi connectivity index (χ3n) is 8.10. The molecule has 0 saturated carbocycles. The number of benzene rings is 1. The first-order chi connectivity index (χ1) is 17.5. The van der Waals surface area contributed by atoms with Gasteiger partial charge in [0.05, 0.1) is 29.7 Å². The summed E-state index contributed by atoms with van der Waals surface area (Å²) in [6.07, 6.45) is 4.75. The van der Waals surface area contributed by atoms with Gasteiger partial charge < -0.3 is 14.5 Å². The fourth-order valence-electron chi connectivity index (χ4n) is 6.06. The summed E-state index contributed by atoms with van der Waals surface area (Å²) < 4.78 is 5.87. The molecule has 1 aromatic rings. The second-order valence-corrected chi connectivity index (χ2v) is 10.5. The van der Waals surface area contributed by atoms with Crippen LogP contribution in [0.4, 0.5) is 5.69 Å². The molecule has 36 heavy (non-hydrogen) atoms. The van der Waals surface area contributed by atoms with Crippen LogP contribution in [-0.2, 0) is 19.1 Å². The van der Waals surface area contributed by atoms with E-state index in [1.165, 1.54) is 0 Å².